The molecule has 1 aliphatic rings. The van der Waals surface area contributed by atoms with E-state index >= 15 is 0 Å². The van der Waals surface area contributed by atoms with Crippen LogP contribution in [0.4, 0.5) is 0 Å². The maximum atomic E-state index is 12.9. The molecule has 6 heteroatoms. The third-order valence-corrected chi connectivity index (χ3v) is 5.24. The Morgan fingerprint density at radius 2 is 1.82 bits per heavy atom. The van der Waals surface area contributed by atoms with Gasteiger partial charge in [-0.25, -0.2) is 4.68 Å². The van der Waals surface area contributed by atoms with Gasteiger partial charge in [-0.1, -0.05) is 48.7 Å². The molecule has 1 aromatic heterocycles. The Morgan fingerprint density at radius 3 is 2.43 bits per heavy atom. The Kier molecular flexibility index (Phi) is 6.23. The number of esters is 1. The second-order valence-corrected chi connectivity index (χ2v) is 8.84. The first kappa shape index (κ1) is 20.6. The van der Waals surface area contributed by atoms with E-state index in [2.05, 4.69) is 5.10 Å². The monoisotopic (exact) mass is 402 g/mol. The maximum absolute atomic E-state index is 12.9. The summed E-state index contributed by atoms with van der Waals surface area (Å²) in [4.78, 5) is 24.8. The highest BCUT2D eigenvalue weighted by Crippen LogP contribution is 2.39. The number of carbonyl (C=O) groups is 1. The highest BCUT2D eigenvalue weighted by atomic mass is 35.5. The molecule has 1 aliphatic carbocycles. The summed E-state index contributed by atoms with van der Waals surface area (Å²) in [5, 5.41) is 4.33. The van der Waals surface area contributed by atoms with Crippen LogP contribution in [0, 0.1) is 5.92 Å². The van der Waals surface area contributed by atoms with Gasteiger partial charge in [0.2, 0.25) is 0 Å². The van der Waals surface area contributed by atoms with E-state index in [4.69, 9.17) is 16.3 Å². The number of rotatable bonds is 5. The fourth-order valence-electron chi connectivity index (χ4n) is 3.80. The molecule has 0 aliphatic heterocycles. The Labute approximate surface area is 170 Å². The quantitative estimate of drug-likeness (QED) is 0.688. The van der Waals surface area contributed by atoms with Crippen LogP contribution in [-0.4, -0.2) is 21.4 Å². The van der Waals surface area contributed by atoms with Crippen LogP contribution >= 0.6 is 11.6 Å². The number of nitrogens with zero attached hydrogens (tertiary/aromatic N) is 2. The van der Waals surface area contributed by atoms with Crippen molar-refractivity contribution in [1.29, 1.82) is 0 Å². The number of carbonyl (C=O) groups excluding carboxylic acids is 1. The zero-order chi connectivity index (χ0) is 20.3. The van der Waals surface area contributed by atoms with E-state index in [-0.39, 0.29) is 22.6 Å². The fraction of sp³-hybridized carbons (Fsp3) is 0.500. The number of hydrogen-bond acceptors (Lipinski definition) is 4. The second-order valence-electron chi connectivity index (χ2n) is 8.45. The van der Waals surface area contributed by atoms with E-state index in [1.54, 1.807) is 0 Å². The van der Waals surface area contributed by atoms with Gasteiger partial charge in [0.25, 0.3) is 5.56 Å². The number of hydrogen-bond donors (Lipinski definition) is 0. The van der Waals surface area contributed by atoms with Crippen LogP contribution in [0.5, 0.6) is 0 Å². The summed E-state index contributed by atoms with van der Waals surface area (Å²) in [7, 11) is 0. The molecular formula is C22H27ClN2O3. The van der Waals surface area contributed by atoms with Crippen molar-refractivity contribution in [3.05, 3.63) is 63.0 Å². The molecule has 0 radical (unpaired) electrons. The van der Waals surface area contributed by atoms with Crippen molar-refractivity contribution in [1.82, 2.24) is 9.78 Å². The molecule has 0 spiro atoms. The summed E-state index contributed by atoms with van der Waals surface area (Å²) in [6.07, 6.45) is 4.41. The van der Waals surface area contributed by atoms with Gasteiger partial charge in [0.05, 0.1) is 12.5 Å². The molecule has 3 rings (SSSR count). The summed E-state index contributed by atoms with van der Waals surface area (Å²) in [5.41, 5.74) is 1.19. The topological polar surface area (TPSA) is 61.2 Å². The number of aromatic nitrogens is 2. The summed E-state index contributed by atoms with van der Waals surface area (Å²) >= 11 is 5.89. The van der Waals surface area contributed by atoms with Crippen LogP contribution in [0.1, 0.15) is 63.5 Å². The minimum Gasteiger partial charge on any atom is -0.459 e. The van der Waals surface area contributed by atoms with E-state index in [9.17, 15) is 9.59 Å². The summed E-state index contributed by atoms with van der Waals surface area (Å²) in [6, 6.07) is 10.7. The van der Waals surface area contributed by atoms with E-state index in [0.717, 1.165) is 36.8 Å². The van der Waals surface area contributed by atoms with Crippen molar-refractivity contribution in [2.24, 2.45) is 5.92 Å². The molecule has 28 heavy (non-hydrogen) atoms. The van der Waals surface area contributed by atoms with E-state index in [1.165, 1.54) is 16.8 Å². The fourth-order valence-corrected chi connectivity index (χ4v) is 3.95. The first-order valence-electron chi connectivity index (χ1n) is 9.78. The van der Waals surface area contributed by atoms with Crippen molar-refractivity contribution >= 4 is 17.6 Å². The van der Waals surface area contributed by atoms with Gasteiger partial charge in [-0.3, -0.25) is 9.59 Å². The average molecular weight is 403 g/mol. The first-order valence-corrected chi connectivity index (χ1v) is 10.2. The van der Waals surface area contributed by atoms with Crippen LogP contribution in [-0.2, 0) is 16.1 Å². The van der Waals surface area contributed by atoms with Gasteiger partial charge >= 0.3 is 5.97 Å². The van der Waals surface area contributed by atoms with E-state index < -0.39 is 5.60 Å². The lowest BCUT2D eigenvalue weighted by molar-refractivity contribution is -0.158. The molecule has 1 saturated carbocycles. The van der Waals surface area contributed by atoms with Crippen LogP contribution in [0.25, 0.3) is 0 Å². The standard InChI is InChI=1S/C22H27ClN2O3/c1-22(2,3)28-21(27)20(16-6-4-5-7-16)17-10-8-15(9-11-17)14-25-19(26)13-12-18(23)24-25/h8-13,16,20H,4-7,14H2,1-3H3. The molecule has 1 aromatic carbocycles. The van der Waals surface area contributed by atoms with Gasteiger partial charge in [-0.2, -0.15) is 5.10 Å². The lowest BCUT2D eigenvalue weighted by atomic mass is 9.84. The molecule has 2 aromatic rings. The lowest BCUT2D eigenvalue weighted by Crippen LogP contribution is -2.30. The van der Waals surface area contributed by atoms with Gasteiger partial charge in [0.1, 0.15) is 10.8 Å². The van der Waals surface area contributed by atoms with Gasteiger partial charge in [0, 0.05) is 6.07 Å². The van der Waals surface area contributed by atoms with Crippen molar-refractivity contribution in [3.63, 3.8) is 0 Å². The molecule has 0 bridgehead atoms. The van der Waals surface area contributed by atoms with Crippen LogP contribution in [0.3, 0.4) is 0 Å². The third-order valence-electron chi connectivity index (χ3n) is 5.04. The van der Waals surface area contributed by atoms with Crippen LogP contribution in [0.2, 0.25) is 5.15 Å². The van der Waals surface area contributed by atoms with Crippen LogP contribution < -0.4 is 5.56 Å². The number of halogens is 1. The molecule has 150 valence electrons. The molecule has 0 saturated heterocycles. The number of ether oxygens (including phenoxy) is 1. The summed E-state index contributed by atoms with van der Waals surface area (Å²) in [5.74, 6) is -0.0828. The Bertz CT molecular complexity index is 878. The van der Waals surface area contributed by atoms with Crippen LogP contribution in [0.15, 0.2) is 41.2 Å². The molecule has 1 unspecified atom stereocenters. The predicted octanol–water partition coefficient (Wildman–Crippen LogP) is 4.56. The zero-order valence-electron chi connectivity index (χ0n) is 16.7. The lowest BCUT2D eigenvalue weighted by Gasteiger charge is -2.27. The molecule has 0 amide bonds. The van der Waals surface area contributed by atoms with Crippen molar-refractivity contribution in [3.8, 4) is 0 Å². The van der Waals surface area contributed by atoms with Gasteiger partial charge in [-0.05, 0) is 56.7 Å². The average Bonchev–Trinajstić information content (AvgIpc) is 3.12. The van der Waals surface area contributed by atoms with Gasteiger partial charge < -0.3 is 4.74 Å². The largest absolute Gasteiger partial charge is 0.459 e. The smallest absolute Gasteiger partial charge is 0.314 e. The molecule has 1 atom stereocenters. The molecule has 1 fully saturated rings. The molecule has 0 N–H and O–H groups in total. The second kappa shape index (κ2) is 8.48. The Morgan fingerprint density at radius 1 is 1.18 bits per heavy atom. The normalized spacial score (nSPS) is 16.1. The SMILES string of the molecule is CC(C)(C)OC(=O)C(c1ccc(Cn2nc(Cl)ccc2=O)cc1)C1CCCC1. The molecule has 1 heterocycles. The Balaban J connectivity index is 1.82. The van der Waals surface area contributed by atoms with Crippen molar-refractivity contribution in [2.45, 2.75) is 64.5 Å². The highest BCUT2D eigenvalue weighted by Gasteiger charge is 2.35. The minimum atomic E-state index is -0.507. The van der Waals surface area contributed by atoms with Crippen molar-refractivity contribution < 1.29 is 9.53 Å². The summed E-state index contributed by atoms with van der Waals surface area (Å²) < 4.78 is 7.05. The number of benzene rings is 1. The summed E-state index contributed by atoms with van der Waals surface area (Å²) in [6.45, 7) is 6.03. The zero-order valence-corrected chi connectivity index (χ0v) is 17.4. The molecule has 5 nitrogen and oxygen atoms in total. The Hall–Kier alpha value is -2.14. The third kappa shape index (κ3) is 5.22. The maximum Gasteiger partial charge on any atom is 0.314 e. The highest BCUT2D eigenvalue weighted by molar-refractivity contribution is 6.29. The minimum absolute atomic E-state index is 0.153. The van der Waals surface area contributed by atoms with Gasteiger partial charge in [0.15, 0.2) is 0 Å². The van der Waals surface area contributed by atoms with Gasteiger partial charge in [-0.15, -0.1) is 0 Å². The first-order chi connectivity index (χ1) is 13.2. The van der Waals surface area contributed by atoms with E-state index in [0.29, 0.717) is 12.5 Å². The van der Waals surface area contributed by atoms with E-state index in [1.807, 2.05) is 45.0 Å². The predicted molar refractivity (Wildman–Crippen MR) is 110 cm³/mol. The van der Waals surface area contributed by atoms with Crippen molar-refractivity contribution in [2.75, 3.05) is 0 Å². The molecular weight excluding hydrogens is 376 g/mol.